The van der Waals surface area contributed by atoms with Gasteiger partial charge in [-0.1, -0.05) is 12.1 Å². The number of ether oxygens (including phenoxy) is 2. The number of rotatable bonds is 6. The molecule has 2 N–H and O–H groups in total. The molecule has 1 aromatic carbocycles. The van der Waals surface area contributed by atoms with Crippen molar-refractivity contribution in [1.82, 2.24) is 4.98 Å². The number of aromatic nitrogens is 1. The number of aromatic amines is 1. The minimum atomic E-state index is -0.916. The molecule has 0 spiro atoms. The van der Waals surface area contributed by atoms with E-state index in [0.29, 0.717) is 29.3 Å². The van der Waals surface area contributed by atoms with Crippen LogP contribution in [0.5, 0.6) is 10.8 Å². The molecule has 0 amide bonds. The number of aromatic hydroxyl groups is 1. The Morgan fingerprint density at radius 3 is 2.71 bits per heavy atom. The summed E-state index contributed by atoms with van der Waals surface area (Å²) in [5.74, 6) is -0.0450. The average Bonchev–Trinajstić information content (AvgIpc) is 2.52. The quantitative estimate of drug-likeness (QED) is 0.605. The molecule has 1 heterocycles. The number of hydrogen-bond donors (Lipinski definition) is 2. The third kappa shape index (κ3) is 3.98. The summed E-state index contributed by atoms with van der Waals surface area (Å²) < 4.78 is 10.3. The van der Waals surface area contributed by atoms with E-state index >= 15 is 0 Å². The standard InChI is InChI=1S/C16H15NO6S/c1-22-8-10-7-9(4-6-12(10)23-2)3-5-11(18)13-14(19)17-16(21)24-15(13)20/h3-7,20H,8H2,1-2H3,(H,17,19,21)/b5-3+. The fourth-order valence-electron chi connectivity index (χ4n) is 2.06. The maximum atomic E-state index is 12.1. The molecule has 0 bridgehead atoms. The first-order chi connectivity index (χ1) is 11.5. The van der Waals surface area contributed by atoms with E-state index in [1.54, 1.807) is 32.4 Å². The SMILES string of the molecule is COCc1cc(/C=C/C(=O)c2c(O)sc(=O)[nH]c2=O)ccc1OC. The van der Waals surface area contributed by atoms with Gasteiger partial charge in [0.1, 0.15) is 11.3 Å². The number of methoxy groups -OCH3 is 2. The van der Waals surface area contributed by atoms with Crippen LogP contribution in [0.3, 0.4) is 0 Å². The highest BCUT2D eigenvalue weighted by Gasteiger charge is 2.15. The summed E-state index contributed by atoms with van der Waals surface area (Å²) in [6.07, 6.45) is 2.65. The fraction of sp³-hybridized carbons (Fsp3) is 0.188. The lowest BCUT2D eigenvalue weighted by Crippen LogP contribution is -2.22. The summed E-state index contributed by atoms with van der Waals surface area (Å²) in [5.41, 5.74) is 0.117. The lowest BCUT2D eigenvalue weighted by molar-refractivity contribution is 0.104. The molecule has 0 radical (unpaired) electrons. The van der Waals surface area contributed by atoms with Gasteiger partial charge in [0.25, 0.3) is 5.56 Å². The second kappa shape index (κ2) is 7.71. The zero-order valence-electron chi connectivity index (χ0n) is 13.0. The van der Waals surface area contributed by atoms with Gasteiger partial charge in [-0.25, -0.2) is 0 Å². The number of allylic oxidation sites excluding steroid dienone is 1. The number of nitrogens with one attached hydrogen (secondary N) is 1. The number of ketones is 1. The normalized spacial score (nSPS) is 10.9. The first-order valence-electron chi connectivity index (χ1n) is 6.81. The second-order valence-corrected chi connectivity index (χ2v) is 5.69. The summed E-state index contributed by atoms with van der Waals surface area (Å²) >= 11 is 0.394. The van der Waals surface area contributed by atoms with Gasteiger partial charge in [-0.15, -0.1) is 0 Å². The first-order valence-corrected chi connectivity index (χ1v) is 7.62. The van der Waals surface area contributed by atoms with Gasteiger partial charge in [0.2, 0.25) is 0 Å². The lowest BCUT2D eigenvalue weighted by Gasteiger charge is -2.08. The van der Waals surface area contributed by atoms with Crippen molar-refractivity contribution in [2.45, 2.75) is 6.61 Å². The van der Waals surface area contributed by atoms with Crippen LogP contribution >= 0.6 is 11.3 Å². The van der Waals surface area contributed by atoms with Crippen LogP contribution in [0.2, 0.25) is 0 Å². The van der Waals surface area contributed by atoms with Gasteiger partial charge < -0.3 is 14.6 Å². The van der Waals surface area contributed by atoms with Crippen molar-refractivity contribution in [3.8, 4) is 10.8 Å². The van der Waals surface area contributed by atoms with E-state index in [1.165, 1.54) is 6.08 Å². The maximum Gasteiger partial charge on any atom is 0.310 e. The van der Waals surface area contributed by atoms with Gasteiger partial charge in [-0.2, -0.15) is 0 Å². The third-order valence-corrected chi connectivity index (χ3v) is 3.81. The van der Waals surface area contributed by atoms with Crippen LogP contribution in [-0.4, -0.2) is 30.1 Å². The van der Waals surface area contributed by atoms with Gasteiger partial charge in [0, 0.05) is 12.7 Å². The molecule has 0 fully saturated rings. The Hall–Kier alpha value is -2.71. The minimum Gasteiger partial charge on any atom is -0.499 e. The largest absolute Gasteiger partial charge is 0.499 e. The molecule has 0 aliphatic rings. The van der Waals surface area contributed by atoms with Crippen molar-refractivity contribution in [3.63, 3.8) is 0 Å². The molecule has 7 nitrogen and oxygen atoms in total. The number of H-pyrrole nitrogens is 1. The molecule has 0 unspecified atom stereocenters. The summed E-state index contributed by atoms with van der Waals surface area (Å²) in [6.45, 7) is 0.339. The summed E-state index contributed by atoms with van der Waals surface area (Å²) in [4.78, 5) is 36.0. The van der Waals surface area contributed by atoms with E-state index in [9.17, 15) is 19.5 Å². The Bertz CT molecular complexity index is 896. The molecule has 0 saturated heterocycles. The zero-order chi connectivity index (χ0) is 17.7. The van der Waals surface area contributed by atoms with Crippen molar-refractivity contribution in [1.29, 1.82) is 0 Å². The topological polar surface area (TPSA) is 106 Å². The van der Waals surface area contributed by atoms with Crippen LogP contribution in [-0.2, 0) is 11.3 Å². The highest BCUT2D eigenvalue weighted by Crippen LogP contribution is 2.22. The maximum absolute atomic E-state index is 12.1. The predicted molar refractivity (Wildman–Crippen MR) is 89.9 cm³/mol. The highest BCUT2D eigenvalue weighted by atomic mass is 32.1. The lowest BCUT2D eigenvalue weighted by atomic mass is 10.1. The Labute approximate surface area is 140 Å². The summed E-state index contributed by atoms with van der Waals surface area (Å²) in [7, 11) is 3.10. The number of carbonyl (C=O) groups excluding carboxylic acids is 1. The molecule has 1 aromatic heterocycles. The van der Waals surface area contributed by atoms with E-state index in [1.807, 2.05) is 4.98 Å². The monoisotopic (exact) mass is 349 g/mol. The fourth-order valence-corrected chi connectivity index (χ4v) is 2.67. The van der Waals surface area contributed by atoms with Gasteiger partial charge in [-0.05, 0) is 35.1 Å². The van der Waals surface area contributed by atoms with Crippen LogP contribution in [0.4, 0.5) is 0 Å². The van der Waals surface area contributed by atoms with Gasteiger partial charge in [0.15, 0.2) is 10.8 Å². The van der Waals surface area contributed by atoms with Crippen LogP contribution in [0, 0.1) is 0 Å². The van der Waals surface area contributed by atoms with Crippen LogP contribution < -0.4 is 15.2 Å². The molecule has 2 aromatic rings. The van der Waals surface area contributed by atoms with Crippen molar-refractivity contribution in [3.05, 3.63) is 61.0 Å². The van der Waals surface area contributed by atoms with Gasteiger partial charge >= 0.3 is 4.87 Å². The van der Waals surface area contributed by atoms with E-state index in [4.69, 9.17) is 9.47 Å². The Kier molecular flexibility index (Phi) is 5.67. The molecule has 24 heavy (non-hydrogen) atoms. The minimum absolute atomic E-state index is 0.339. The van der Waals surface area contributed by atoms with Crippen molar-refractivity contribution in [2.24, 2.45) is 0 Å². The summed E-state index contributed by atoms with van der Waals surface area (Å²) in [6, 6.07) is 5.24. The Balaban J connectivity index is 2.31. The van der Waals surface area contributed by atoms with Crippen LogP contribution in [0.15, 0.2) is 33.9 Å². The van der Waals surface area contributed by atoms with Gasteiger partial charge in [-0.3, -0.25) is 19.4 Å². The van der Waals surface area contributed by atoms with E-state index in [-0.39, 0.29) is 0 Å². The molecular formula is C16H15NO6S. The zero-order valence-corrected chi connectivity index (χ0v) is 13.8. The molecule has 126 valence electrons. The van der Waals surface area contributed by atoms with Crippen LogP contribution in [0.1, 0.15) is 21.5 Å². The molecule has 0 saturated carbocycles. The molecule has 0 aliphatic heterocycles. The first kappa shape index (κ1) is 17.6. The number of carbonyl (C=O) groups is 1. The van der Waals surface area contributed by atoms with Gasteiger partial charge in [0.05, 0.1) is 13.7 Å². The second-order valence-electron chi connectivity index (χ2n) is 4.73. The van der Waals surface area contributed by atoms with Crippen molar-refractivity contribution >= 4 is 23.2 Å². The molecular weight excluding hydrogens is 334 g/mol. The molecule has 0 aliphatic carbocycles. The highest BCUT2D eigenvalue weighted by molar-refractivity contribution is 7.11. The molecule has 8 heteroatoms. The van der Waals surface area contributed by atoms with Crippen LogP contribution in [0.25, 0.3) is 6.08 Å². The Morgan fingerprint density at radius 1 is 1.33 bits per heavy atom. The predicted octanol–water partition coefficient (Wildman–Crippen LogP) is 1.55. The van der Waals surface area contributed by atoms with Crippen molar-refractivity contribution in [2.75, 3.05) is 14.2 Å². The van der Waals surface area contributed by atoms with E-state index < -0.39 is 26.8 Å². The molecule has 2 rings (SSSR count). The number of benzene rings is 1. The smallest absolute Gasteiger partial charge is 0.310 e. The van der Waals surface area contributed by atoms with E-state index in [2.05, 4.69) is 0 Å². The Morgan fingerprint density at radius 2 is 2.08 bits per heavy atom. The average molecular weight is 349 g/mol. The molecule has 0 atom stereocenters. The summed E-state index contributed by atoms with van der Waals surface area (Å²) in [5, 5.41) is 9.03. The van der Waals surface area contributed by atoms with Crippen molar-refractivity contribution < 1.29 is 19.4 Å². The third-order valence-electron chi connectivity index (χ3n) is 3.12. The number of hydrogen-bond acceptors (Lipinski definition) is 7. The van der Waals surface area contributed by atoms with E-state index in [0.717, 1.165) is 11.6 Å².